The molecule has 4 nitrogen and oxygen atoms in total. The van der Waals surface area contributed by atoms with Gasteiger partial charge in [0.2, 0.25) is 5.78 Å². The third-order valence-electron chi connectivity index (χ3n) is 3.69. The molecule has 0 bridgehead atoms. The molecule has 0 fully saturated rings. The van der Waals surface area contributed by atoms with Gasteiger partial charge in [-0.2, -0.15) is 0 Å². The first-order valence-electron chi connectivity index (χ1n) is 8.02. The Hall–Kier alpha value is -2.88. The normalized spacial score (nSPS) is 10.6. The predicted octanol–water partition coefficient (Wildman–Crippen LogP) is 4.26. The van der Waals surface area contributed by atoms with Crippen LogP contribution in [0.15, 0.2) is 54.7 Å². The van der Waals surface area contributed by atoms with Crippen LogP contribution in [0, 0.1) is 0 Å². The maximum absolute atomic E-state index is 12.9. The van der Waals surface area contributed by atoms with E-state index < -0.39 is 0 Å². The maximum Gasteiger partial charge on any atom is 0.212 e. The molecule has 0 amide bonds. The van der Waals surface area contributed by atoms with Crippen molar-refractivity contribution in [1.82, 2.24) is 4.98 Å². The molecular formula is C20H19NO3. The van der Waals surface area contributed by atoms with Gasteiger partial charge < -0.3 is 9.47 Å². The lowest BCUT2D eigenvalue weighted by Crippen LogP contribution is -2.06. The maximum atomic E-state index is 12.9. The highest BCUT2D eigenvalue weighted by Gasteiger charge is 2.16. The molecule has 1 heterocycles. The third-order valence-corrected chi connectivity index (χ3v) is 3.69. The SMILES string of the molecule is CCOc1ccc(C(=O)c2nccc3ccccc23)cc1OCC. The van der Waals surface area contributed by atoms with E-state index >= 15 is 0 Å². The Balaban J connectivity index is 2.04. The van der Waals surface area contributed by atoms with Crippen LogP contribution in [0.1, 0.15) is 29.9 Å². The molecule has 1 aromatic heterocycles. The molecule has 3 rings (SSSR count). The van der Waals surface area contributed by atoms with E-state index in [0.717, 1.165) is 10.8 Å². The Labute approximate surface area is 141 Å². The molecule has 3 aromatic rings. The molecule has 0 spiro atoms. The highest BCUT2D eigenvalue weighted by molar-refractivity contribution is 6.15. The number of nitrogens with zero attached hydrogens (tertiary/aromatic N) is 1. The van der Waals surface area contributed by atoms with Crippen LogP contribution in [0.3, 0.4) is 0 Å². The second-order valence-electron chi connectivity index (χ2n) is 5.24. The van der Waals surface area contributed by atoms with E-state index in [1.54, 1.807) is 24.4 Å². The Morgan fingerprint density at radius 3 is 2.50 bits per heavy atom. The Kier molecular flexibility index (Phi) is 4.75. The number of rotatable bonds is 6. The van der Waals surface area contributed by atoms with Crippen molar-refractivity contribution in [3.63, 3.8) is 0 Å². The highest BCUT2D eigenvalue weighted by Crippen LogP contribution is 2.30. The van der Waals surface area contributed by atoms with Gasteiger partial charge in [0.15, 0.2) is 11.5 Å². The van der Waals surface area contributed by atoms with Crippen molar-refractivity contribution in [3.8, 4) is 11.5 Å². The summed E-state index contributed by atoms with van der Waals surface area (Å²) in [6, 6.07) is 14.9. The number of hydrogen-bond donors (Lipinski definition) is 0. The quantitative estimate of drug-likeness (QED) is 0.636. The molecule has 0 aliphatic heterocycles. The second-order valence-corrected chi connectivity index (χ2v) is 5.24. The van der Waals surface area contributed by atoms with E-state index in [0.29, 0.717) is 36.0 Å². The fraction of sp³-hybridized carbons (Fsp3) is 0.200. The molecule has 0 saturated heterocycles. The molecule has 4 heteroatoms. The van der Waals surface area contributed by atoms with Crippen molar-refractivity contribution in [1.29, 1.82) is 0 Å². The van der Waals surface area contributed by atoms with Crippen LogP contribution >= 0.6 is 0 Å². The molecule has 0 unspecified atom stereocenters. The number of carbonyl (C=O) groups excluding carboxylic acids is 1. The van der Waals surface area contributed by atoms with Crippen LogP contribution < -0.4 is 9.47 Å². The summed E-state index contributed by atoms with van der Waals surface area (Å²) >= 11 is 0. The molecule has 0 N–H and O–H groups in total. The lowest BCUT2D eigenvalue weighted by atomic mass is 10.0. The summed E-state index contributed by atoms with van der Waals surface area (Å²) in [6.07, 6.45) is 1.66. The number of carbonyl (C=O) groups is 1. The van der Waals surface area contributed by atoms with E-state index in [1.165, 1.54) is 0 Å². The van der Waals surface area contributed by atoms with Crippen LogP contribution in [0.2, 0.25) is 0 Å². The van der Waals surface area contributed by atoms with Gasteiger partial charge in [0, 0.05) is 17.1 Å². The molecule has 0 radical (unpaired) electrons. The van der Waals surface area contributed by atoms with E-state index in [1.807, 2.05) is 44.2 Å². The summed E-state index contributed by atoms with van der Waals surface area (Å²) in [7, 11) is 0. The van der Waals surface area contributed by atoms with E-state index in [9.17, 15) is 4.79 Å². The van der Waals surface area contributed by atoms with Crippen molar-refractivity contribution in [2.24, 2.45) is 0 Å². The van der Waals surface area contributed by atoms with Gasteiger partial charge >= 0.3 is 0 Å². The first-order valence-corrected chi connectivity index (χ1v) is 8.02. The number of pyridine rings is 1. The summed E-state index contributed by atoms with van der Waals surface area (Å²) in [5, 5.41) is 1.84. The van der Waals surface area contributed by atoms with Crippen molar-refractivity contribution in [2.75, 3.05) is 13.2 Å². The zero-order valence-electron chi connectivity index (χ0n) is 13.8. The number of ketones is 1. The number of benzene rings is 2. The van der Waals surface area contributed by atoms with Crippen molar-refractivity contribution in [3.05, 3.63) is 66.0 Å². The first kappa shape index (κ1) is 16.0. The van der Waals surface area contributed by atoms with Crippen LogP contribution in [0.4, 0.5) is 0 Å². The average Bonchev–Trinajstić information content (AvgIpc) is 2.62. The third kappa shape index (κ3) is 3.08. The van der Waals surface area contributed by atoms with Crippen molar-refractivity contribution in [2.45, 2.75) is 13.8 Å². The van der Waals surface area contributed by atoms with E-state index in [-0.39, 0.29) is 5.78 Å². The second kappa shape index (κ2) is 7.13. The monoisotopic (exact) mass is 321 g/mol. The van der Waals surface area contributed by atoms with Gasteiger partial charge in [-0.1, -0.05) is 24.3 Å². The van der Waals surface area contributed by atoms with Gasteiger partial charge in [-0.05, 0) is 43.5 Å². The van der Waals surface area contributed by atoms with Gasteiger partial charge in [-0.15, -0.1) is 0 Å². The molecule has 122 valence electrons. The number of fused-ring (bicyclic) bond motifs is 1. The minimum Gasteiger partial charge on any atom is -0.490 e. The number of aromatic nitrogens is 1. The number of hydrogen-bond acceptors (Lipinski definition) is 4. The molecule has 0 atom stereocenters. The lowest BCUT2D eigenvalue weighted by Gasteiger charge is -2.12. The Morgan fingerprint density at radius 1 is 0.958 bits per heavy atom. The zero-order chi connectivity index (χ0) is 16.9. The Morgan fingerprint density at radius 2 is 1.71 bits per heavy atom. The van der Waals surface area contributed by atoms with Gasteiger partial charge in [-0.25, -0.2) is 0 Å². The fourth-order valence-corrected chi connectivity index (χ4v) is 2.63. The average molecular weight is 321 g/mol. The predicted molar refractivity (Wildman–Crippen MR) is 94.0 cm³/mol. The molecule has 2 aromatic carbocycles. The minimum atomic E-state index is -0.129. The Bertz CT molecular complexity index is 868. The molecule has 0 saturated carbocycles. The standard InChI is InChI=1S/C20H19NO3/c1-3-23-17-10-9-15(13-18(17)24-4-2)20(22)19-16-8-6-5-7-14(16)11-12-21-19/h5-13H,3-4H2,1-2H3. The largest absolute Gasteiger partial charge is 0.490 e. The summed E-state index contributed by atoms with van der Waals surface area (Å²) in [5.41, 5.74) is 0.977. The van der Waals surface area contributed by atoms with Crippen LogP contribution in [0.25, 0.3) is 10.8 Å². The summed E-state index contributed by atoms with van der Waals surface area (Å²) < 4.78 is 11.2. The fourth-order valence-electron chi connectivity index (χ4n) is 2.63. The topological polar surface area (TPSA) is 48.4 Å². The summed E-state index contributed by atoms with van der Waals surface area (Å²) in [4.78, 5) is 17.2. The summed E-state index contributed by atoms with van der Waals surface area (Å²) in [5.74, 6) is 1.09. The zero-order valence-corrected chi connectivity index (χ0v) is 13.8. The minimum absolute atomic E-state index is 0.129. The highest BCUT2D eigenvalue weighted by atomic mass is 16.5. The van der Waals surface area contributed by atoms with E-state index in [4.69, 9.17) is 9.47 Å². The van der Waals surface area contributed by atoms with Gasteiger partial charge in [0.25, 0.3) is 0 Å². The van der Waals surface area contributed by atoms with Crippen molar-refractivity contribution < 1.29 is 14.3 Å². The molecule has 0 aliphatic rings. The van der Waals surface area contributed by atoms with E-state index in [2.05, 4.69) is 4.98 Å². The van der Waals surface area contributed by atoms with Crippen LogP contribution in [-0.2, 0) is 0 Å². The van der Waals surface area contributed by atoms with Gasteiger partial charge in [-0.3, -0.25) is 9.78 Å². The van der Waals surface area contributed by atoms with Crippen molar-refractivity contribution >= 4 is 16.6 Å². The molecule has 24 heavy (non-hydrogen) atoms. The smallest absolute Gasteiger partial charge is 0.212 e. The lowest BCUT2D eigenvalue weighted by molar-refractivity contribution is 0.103. The molecular weight excluding hydrogens is 302 g/mol. The first-order chi connectivity index (χ1) is 11.7. The van der Waals surface area contributed by atoms with Gasteiger partial charge in [0.1, 0.15) is 5.69 Å². The molecule has 0 aliphatic carbocycles. The van der Waals surface area contributed by atoms with Gasteiger partial charge in [0.05, 0.1) is 13.2 Å². The number of ether oxygens (including phenoxy) is 2. The van der Waals surface area contributed by atoms with Crippen LogP contribution in [-0.4, -0.2) is 24.0 Å². The summed E-state index contributed by atoms with van der Waals surface area (Å²) in [6.45, 7) is 4.85. The van der Waals surface area contributed by atoms with Crippen LogP contribution in [0.5, 0.6) is 11.5 Å².